The molecule has 0 aliphatic rings. The maximum absolute atomic E-state index is 13.2. The summed E-state index contributed by atoms with van der Waals surface area (Å²) in [6.45, 7) is 0.453. The number of aromatic nitrogens is 3. The second-order valence-corrected chi connectivity index (χ2v) is 10.0. The largest absolute Gasteiger partial charge is 0.507 e. The molecule has 0 fully saturated rings. The Bertz CT molecular complexity index is 1860. The van der Waals surface area contributed by atoms with Crippen molar-refractivity contribution >= 4 is 39.0 Å². The van der Waals surface area contributed by atoms with E-state index in [1.165, 1.54) is 0 Å². The van der Waals surface area contributed by atoms with Crippen molar-refractivity contribution in [2.45, 2.75) is 6.54 Å². The molecule has 0 bridgehead atoms. The van der Waals surface area contributed by atoms with Gasteiger partial charge in [0, 0.05) is 23.9 Å². The van der Waals surface area contributed by atoms with E-state index < -0.39 is 0 Å². The molecule has 0 spiro atoms. The summed E-state index contributed by atoms with van der Waals surface area (Å²) in [7, 11) is 0. The Kier molecular flexibility index (Phi) is 7.34. The number of para-hydroxylation sites is 3. The highest BCUT2D eigenvalue weighted by Crippen LogP contribution is 2.31. The average Bonchev–Trinajstić information content (AvgIpc) is 3.37. The van der Waals surface area contributed by atoms with E-state index in [0.29, 0.717) is 52.0 Å². The highest BCUT2D eigenvalue weighted by atomic mass is 79.9. The van der Waals surface area contributed by atoms with Crippen molar-refractivity contribution in [1.82, 2.24) is 14.6 Å². The first-order valence-electron chi connectivity index (χ1n) is 12.8. The number of ether oxygens (including phenoxy) is 1. The number of carbonyl (C=O) groups is 1. The number of hydrogen-bond acceptors (Lipinski definition) is 6. The number of hydrogen-bond donors (Lipinski definition) is 3. The Morgan fingerprint density at radius 3 is 2.54 bits per heavy atom. The van der Waals surface area contributed by atoms with Crippen LogP contribution in [0.3, 0.4) is 0 Å². The Hall–Kier alpha value is -5.15. The lowest BCUT2D eigenvalue weighted by Crippen LogP contribution is -2.13. The maximum atomic E-state index is 13.2. The van der Waals surface area contributed by atoms with Gasteiger partial charge in [0.05, 0.1) is 21.9 Å². The molecule has 3 N–H and O–H groups in total. The number of carbonyl (C=O) groups excluding carboxylic acids is 1. The monoisotopic (exact) mass is 605 g/mol. The van der Waals surface area contributed by atoms with Gasteiger partial charge in [-0.25, -0.2) is 4.98 Å². The van der Waals surface area contributed by atoms with Gasteiger partial charge in [0.15, 0.2) is 5.65 Å². The number of benzene rings is 4. The number of fused-ring (bicyclic) bond motifs is 1. The van der Waals surface area contributed by atoms with E-state index in [1.54, 1.807) is 41.0 Å². The predicted molar refractivity (Wildman–Crippen MR) is 162 cm³/mol. The van der Waals surface area contributed by atoms with Crippen LogP contribution in [-0.4, -0.2) is 25.6 Å². The molecule has 0 aliphatic heterocycles. The molecule has 0 unspecified atom stereocenters. The average molecular weight is 606 g/mol. The molecule has 8 nitrogen and oxygen atoms in total. The zero-order valence-corrected chi connectivity index (χ0v) is 23.2. The summed E-state index contributed by atoms with van der Waals surface area (Å²) in [6.07, 6.45) is 1.68. The second kappa shape index (κ2) is 11.5. The standard InChI is InChI=1S/C32H24BrN5O3/c33-26-20-35-38-30(18-27(37-31(26)38)24-13-4-6-15-28(24)39)34-19-21-9-8-10-22(17-21)36-32(40)25-14-5-7-16-29(25)41-23-11-2-1-3-12-23/h1-18,20,34,39H,19H2,(H,36,40). The van der Waals surface area contributed by atoms with Gasteiger partial charge >= 0.3 is 0 Å². The van der Waals surface area contributed by atoms with Crippen LogP contribution in [0.1, 0.15) is 15.9 Å². The van der Waals surface area contributed by atoms with E-state index >= 15 is 0 Å². The second-order valence-electron chi connectivity index (χ2n) is 9.19. The number of nitrogens with zero attached hydrogens (tertiary/aromatic N) is 3. The quantitative estimate of drug-likeness (QED) is 0.166. The summed E-state index contributed by atoms with van der Waals surface area (Å²) in [5.41, 5.74) is 3.87. The number of halogens is 1. The lowest BCUT2D eigenvalue weighted by molar-refractivity contribution is 0.102. The molecule has 202 valence electrons. The Balaban J connectivity index is 1.21. The fourth-order valence-corrected chi connectivity index (χ4v) is 4.75. The van der Waals surface area contributed by atoms with Crippen LogP contribution in [0, 0.1) is 0 Å². The summed E-state index contributed by atoms with van der Waals surface area (Å²) in [4.78, 5) is 17.9. The van der Waals surface area contributed by atoms with Crippen molar-refractivity contribution in [2.75, 3.05) is 10.6 Å². The van der Waals surface area contributed by atoms with Gasteiger partial charge in [0.2, 0.25) is 0 Å². The summed E-state index contributed by atoms with van der Waals surface area (Å²) < 4.78 is 8.39. The van der Waals surface area contributed by atoms with Gasteiger partial charge in [0.25, 0.3) is 5.91 Å². The van der Waals surface area contributed by atoms with E-state index in [-0.39, 0.29) is 11.7 Å². The predicted octanol–water partition coefficient (Wildman–Crippen LogP) is 7.52. The summed E-state index contributed by atoms with van der Waals surface area (Å²) >= 11 is 3.51. The molecular weight excluding hydrogens is 582 g/mol. The molecule has 0 radical (unpaired) electrons. The van der Waals surface area contributed by atoms with Crippen molar-refractivity contribution in [2.24, 2.45) is 0 Å². The van der Waals surface area contributed by atoms with Gasteiger partial charge in [-0.05, 0) is 70.0 Å². The molecule has 0 aliphatic carbocycles. The van der Waals surface area contributed by atoms with Crippen LogP contribution in [0.5, 0.6) is 17.2 Å². The molecule has 0 saturated carbocycles. The third-order valence-electron chi connectivity index (χ3n) is 6.37. The zero-order chi connectivity index (χ0) is 28.2. The van der Waals surface area contributed by atoms with Gasteiger partial charge in [-0.2, -0.15) is 9.61 Å². The van der Waals surface area contributed by atoms with Crippen molar-refractivity contribution in [3.8, 4) is 28.5 Å². The van der Waals surface area contributed by atoms with E-state index in [0.717, 1.165) is 10.0 Å². The van der Waals surface area contributed by atoms with E-state index in [1.807, 2.05) is 78.9 Å². The highest BCUT2D eigenvalue weighted by molar-refractivity contribution is 9.10. The maximum Gasteiger partial charge on any atom is 0.259 e. The van der Waals surface area contributed by atoms with Crippen LogP contribution < -0.4 is 15.4 Å². The Morgan fingerprint density at radius 2 is 1.68 bits per heavy atom. The first-order valence-corrected chi connectivity index (χ1v) is 13.6. The number of anilines is 2. The molecule has 0 atom stereocenters. The van der Waals surface area contributed by atoms with Gasteiger partial charge in [-0.1, -0.05) is 54.6 Å². The van der Waals surface area contributed by atoms with Crippen molar-refractivity contribution < 1.29 is 14.6 Å². The number of nitrogens with one attached hydrogen (secondary N) is 2. The summed E-state index contributed by atoms with van der Waals surface area (Å²) in [5, 5.41) is 21.2. The van der Waals surface area contributed by atoms with E-state index in [9.17, 15) is 9.90 Å². The molecule has 6 aromatic rings. The lowest BCUT2D eigenvalue weighted by atomic mass is 10.1. The normalized spacial score (nSPS) is 10.9. The third kappa shape index (κ3) is 5.75. The zero-order valence-electron chi connectivity index (χ0n) is 21.7. The molecule has 41 heavy (non-hydrogen) atoms. The molecule has 0 saturated heterocycles. The summed E-state index contributed by atoms with van der Waals surface area (Å²) in [6, 6.07) is 33.0. The molecule has 2 heterocycles. The first kappa shape index (κ1) is 26.1. The minimum atomic E-state index is -0.272. The van der Waals surface area contributed by atoms with E-state index in [2.05, 4.69) is 36.6 Å². The van der Waals surface area contributed by atoms with Crippen LogP contribution in [0.25, 0.3) is 16.9 Å². The van der Waals surface area contributed by atoms with E-state index in [4.69, 9.17) is 4.74 Å². The third-order valence-corrected chi connectivity index (χ3v) is 6.93. The van der Waals surface area contributed by atoms with Crippen LogP contribution in [0.4, 0.5) is 11.5 Å². The van der Waals surface area contributed by atoms with Crippen molar-refractivity contribution in [1.29, 1.82) is 0 Å². The lowest BCUT2D eigenvalue weighted by Gasteiger charge is -2.13. The van der Waals surface area contributed by atoms with Gasteiger partial charge in [-0.15, -0.1) is 0 Å². The smallest absolute Gasteiger partial charge is 0.259 e. The van der Waals surface area contributed by atoms with Crippen LogP contribution in [0.2, 0.25) is 0 Å². The molecular formula is C32H24BrN5O3. The number of amides is 1. The fraction of sp³-hybridized carbons (Fsp3) is 0.0312. The highest BCUT2D eigenvalue weighted by Gasteiger charge is 2.15. The minimum Gasteiger partial charge on any atom is -0.507 e. The first-order chi connectivity index (χ1) is 20.0. The molecule has 6 rings (SSSR count). The molecule has 2 aromatic heterocycles. The number of phenolic OH excluding ortho intramolecular Hbond substituents is 1. The summed E-state index contributed by atoms with van der Waals surface area (Å²) in [5.74, 6) is 1.69. The SMILES string of the molecule is O=C(Nc1cccc(CNc2cc(-c3ccccc3O)nc3c(Br)cnn23)c1)c1ccccc1Oc1ccccc1. The number of aromatic hydroxyl groups is 1. The number of phenols is 1. The van der Waals surface area contributed by atoms with Crippen LogP contribution >= 0.6 is 15.9 Å². The topological polar surface area (TPSA) is 101 Å². The molecule has 1 amide bonds. The van der Waals surface area contributed by atoms with Gasteiger partial charge in [0.1, 0.15) is 23.1 Å². The van der Waals surface area contributed by atoms with Crippen molar-refractivity contribution in [3.63, 3.8) is 0 Å². The molecule has 9 heteroatoms. The van der Waals surface area contributed by atoms with Crippen LogP contribution in [0.15, 0.2) is 120 Å². The Labute approximate surface area is 244 Å². The Morgan fingerprint density at radius 1 is 0.902 bits per heavy atom. The fourth-order valence-electron chi connectivity index (χ4n) is 4.40. The molecule has 4 aromatic carbocycles. The minimum absolute atomic E-state index is 0.144. The van der Waals surface area contributed by atoms with Gasteiger partial charge < -0.3 is 20.5 Å². The number of rotatable bonds is 8. The van der Waals surface area contributed by atoms with Crippen LogP contribution in [-0.2, 0) is 6.54 Å². The van der Waals surface area contributed by atoms with Crippen molar-refractivity contribution in [3.05, 3.63) is 131 Å². The van der Waals surface area contributed by atoms with Gasteiger partial charge in [-0.3, -0.25) is 4.79 Å².